The lowest BCUT2D eigenvalue weighted by Crippen LogP contribution is -2.07. The van der Waals surface area contributed by atoms with Crippen molar-refractivity contribution >= 4 is 23.3 Å². The number of benzene rings is 1. The maximum absolute atomic E-state index is 12.3. The standard InChI is InChI=1S/C23H20N4O/c1-16-5-7-18(8-6-16)23-20(27-13-11-17(2)14-21(27)26-23)9-10-22(28)25-19-4-3-12-24-15-19/h3-15H,1-2H3,(H,25,28)/b10-9+. The fourth-order valence-corrected chi connectivity index (χ4v) is 3.02. The molecule has 0 spiro atoms. The quantitative estimate of drug-likeness (QED) is 0.533. The smallest absolute Gasteiger partial charge is 0.248 e. The number of aromatic nitrogens is 3. The summed E-state index contributed by atoms with van der Waals surface area (Å²) >= 11 is 0. The lowest BCUT2D eigenvalue weighted by atomic mass is 10.1. The van der Waals surface area contributed by atoms with Gasteiger partial charge in [-0.05, 0) is 49.8 Å². The van der Waals surface area contributed by atoms with Gasteiger partial charge < -0.3 is 5.32 Å². The zero-order valence-corrected chi connectivity index (χ0v) is 15.8. The van der Waals surface area contributed by atoms with E-state index in [1.54, 1.807) is 30.6 Å². The SMILES string of the molecule is Cc1ccc(-c2nc3cc(C)ccn3c2/C=C/C(=O)Nc2cccnc2)cc1. The maximum Gasteiger partial charge on any atom is 0.248 e. The molecule has 0 radical (unpaired) electrons. The number of pyridine rings is 2. The molecular weight excluding hydrogens is 348 g/mol. The van der Waals surface area contributed by atoms with Crippen LogP contribution < -0.4 is 5.32 Å². The van der Waals surface area contributed by atoms with Gasteiger partial charge in [0.2, 0.25) is 5.91 Å². The van der Waals surface area contributed by atoms with E-state index in [0.717, 1.165) is 28.2 Å². The number of anilines is 1. The predicted molar refractivity (Wildman–Crippen MR) is 112 cm³/mol. The Morgan fingerprint density at radius 2 is 1.89 bits per heavy atom. The lowest BCUT2D eigenvalue weighted by Gasteiger charge is -2.03. The number of hydrogen-bond donors (Lipinski definition) is 1. The molecule has 0 bridgehead atoms. The maximum atomic E-state index is 12.3. The van der Waals surface area contributed by atoms with E-state index in [1.807, 2.05) is 29.7 Å². The van der Waals surface area contributed by atoms with E-state index in [-0.39, 0.29) is 5.91 Å². The molecule has 0 unspecified atom stereocenters. The van der Waals surface area contributed by atoms with Crippen LogP contribution in [0.3, 0.4) is 0 Å². The van der Waals surface area contributed by atoms with Crippen LogP contribution >= 0.6 is 0 Å². The van der Waals surface area contributed by atoms with Gasteiger partial charge in [-0.1, -0.05) is 29.8 Å². The first-order chi connectivity index (χ1) is 13.6. The van der Waals surface area contributed by atoms with Crippen molar-refractivity contribution in [3.8, 4) is 11.3 Å². The Bertz CT molecular complexity index is 1160. The van der Waals surface area contributed by atoms with Crippen LogP contribution in [0, 0.1) is 13.8 Å². The predicted octanol–water partition coefficient (Wildman–Crippen LogP) is 4.67. The van der Waals surface area contributed by atoms with Crippen molar-refractivity contribution in [2.24, 2.45) is 0 Å². The van der Waals surface area contributed by atoms with E-state index in [4.69, 9.17) is 4.98 Å². The van der Waals surface area contributed by atoms with Crippen molar-refractivity contribution in [2.45, 2.75) is 13.8 Å². The second-order valence-electron chi connectivity index (χ2n) is 6.71. The van der Waals surface area contributed by atoms with Gasteiger partial charge in [-0.15, -0.1) is 0 Å². The molecule has 28 heavy (non-hydrogen) atoms. The third kappa shape index (κ3) is 3.69. The minimum atomic E-state index is -0.218. The number of nitrogens with one attached hydrogen (secondary N) is 1. The Morgan fingerprint density at radius 1 is 1.07 bits per heavy atom. The molecule has 5 nitrogen and oxygen atoms in total. The summed E-state index contributed by atoms with van der Waals surface area (Å²) in [7, 11) is 0. The Kier molecular flexibility index (Phi) is 4.72. The third-order valence-corrected chi connectivity index (χ3v) is 4.47. The molecule has 5 heteroatoms. The molecule has 1 N–H and O–H groups in total. The van der Waals surface area contributed by atoms with Gasteiger partial charge in [-0.2, -0.15) is 0 Å². The Balaban J connectivity index is 1.73. The number of rotatable bonds is 4. The van der Waals surface area contributed by atoms with Crippen LogP contribution in [0.25, 0.3) is 23.0 Å². The zero-order valence-electron chi connectivity index (χ0n) is 15.8. The molecule has 0 fully saturated rings. The number of carbonyl (C=O) groups excluding carboxylic acids is 1. The van der Waals surface area contributed by atoms with E-state index in [2.05, 4.69) is 41.5 Å². The fraction of sp³-hybridized carbons (Fsp3) is 0.0870. The van der Waals surface area contributed by atoms with Crippen molar-refractivity contribution < 1.29 is 4.79 Å². The van der Waals surface area contributed by atoms with Crippen molar-refractivity contribution in [1.82, 2.24) is 14.4 Å². The molecule has 1 amide bonds. The van der Waals surface area contributed by atoms with Crippen molar-refractivity contribution in [3.05, 3.63) is 90.0 Å². The fourth-order valence-electron chi connectivity index (χ4n) is 3.02. The van der Waals surface area contributed by atoms with Crippen LogP contribution in [-0.2, 0) is 4.79 Å². The molecule has 3 aromatic heterocycles. The van der Waals surface area contributed by atoms with Gasteiger partial charge in [-0.25, -0.2) is 4.98 Å². The van der Waals surface area contributed by atoms with E-state index in [1.165, 1.54) is 11.6 Å². The van der Waals surface area contributed by atoms with Crippen molar-refractivity contribution in [1.29, 1.82) is 0 Å². The Labute approximate surface area is 163 Å². The Morgan fingerprint density at radius 3 is 2.64 bits per heavy atom. The Hall–Kier alpha value is -3.73. The average molecular weight is 368 g/mol. The number of imidazole rings is 1. The van der Waals surface area contributed by atoms with Crippen molar-refractivity contribution in [3.63, 3.8) is 0 Å². The lowest BCUT2D eigenvalue weighted by molar-refractivity contribution is -0.111. The molecule has 0 saturated heterocycles. The highest BCUT2D eigenvalue weighted by Gasteiger charge is 2.12. The molecule has 0 aliphatic carbocycles. The minimum Gasteiger partial charge on any atom is -0.321 e. The second-order valence-corrected chi connectivity index (χ2v) is 6.71. The van der Waals surface area contributed by atoms with E-state index >= 15 is 0 Å². The summed E-state index contributed by atoms with van der Waals surface area (Å²) in [6.07, 6.45) is 8.58. The highest BCUT2D eigenvalue weighted by Crippen LogP contribution is 2.26. The number of hydrogen-bond acceptors (Lipinski definition) is 3. The number of carbonyl (C=O) groups is 1. The van der Waals surface area contributed by atoms with Crippen LogP contribution in [-0.4, -0.2) is 20.3 Å². The summed E-state index contributed by atoms with van der Waals surface area (Å²) < 4.78 is 2.00. The first kappa shape index (κ1) is 17.7. The minimum absolute atomic E-state index is 0.218. The van der Waals surface area contributed by atoms with Gasteiger partial charge >= 0.3 is 0 Å². The molecule has 138 valence electrons. The molecule has 4 aromatic rings. The highest BCUT2D eigenvalue weighted by molar-refractivity contribution is 6.02. The number of fused-ring (bicyclic) bond motifs is 1. The van der Waals surface area contributed by atoms with E-state index in [0.29, 0.717) is 5.69 Å². The summed E-state index contributed by atoms with van der Waals surface area (Å²) in [5, 5.41) is 2.81. The monoisotopic (exact) mass is 368 g/mol. The molecule has 4 rings (SSSR count). The second kappa shape index (κ2) is 7.48. The van der Waals surface area contributed by atoms with Gasteiger partial charge in [0.1, 0.15) is 5.65 Å². The molecule has 0 aliphatic rings. The van der Waals surface area contributed by atoms with Crippen LogP contribution in [0.5, 0.6) is 0 Å². The third-order valence-electron chi connectivity index (χ3n) is 4.47. The van der Waals surface area contributed by atoms with E-state index in [9.17, 15) is 4.79 Å². The molecule has 0 aliphatic heterocycles. The highest BCUT2D eigenvalue weighted by atomic mass is 16.1. The molecule has 1 aromatic carbocycles. The largest absolute Gasteiger partial charge is 0.321 e. The number of amides is 1. The molecule has 0 atom stereocenters. The summed E-state index contributed by atoms with van der Waals surface area (Å²) in [6, 6.07) is 15.9. The van der Waals surface area contributed by atoms with Gasteiger partial charge in [0.25, 0.3) is 0 Å². The summed E-state index contributed by atoms with van der Waals surface area (Å²) in [5.74, 6) is -0.218. The average Bonchev–Trinajstić information content (AvgIpc) is 3.05. The summed E-state index contributed by atoms with van der Waals surface area (Å²) in [6.45, 7) is 4.09. The van der Waals surface area contributed by atoms with Gasteiger partial charge in [-0.3, -0.25) is 14.2 Å². The molecule has 0 saturated carbocycles. The zero-order chi connectivity index (χ0) is 19.5. The topological polar surface area (TPSA) is 59.3 Å². The van der Waals surface area contributed by atoms with Gasteiger partial charge in [0, 0.05) is 24.0 Å². The van der Waals surface area contributed by atoms with Crippen LogP contribution in [0.1, 0.15) is 16.8 Å². The molecular formula is C23H20N4O. The van der Waals surface area contributed by atoms with Crippen molar-refractivity contribution in [2.75, 3.05) is 5.32 Å². The van der Waals surface area contributed by atoms with Crippen LogP contribution in [0.4, 0.5) is 5.69 Å². The van der Waals surface area contributed by atoms with Gasteiger partial charge in [0.15, 0.2) is 0 Å². The molecule has 3 heterocycles. The normalized spacial score (nSPS) is 11.2. The summed E-state index contributed by atoms with van der Waals surface area (Å²) in [4.78, 5) is 21.1. The van der Waals surface area contributed by atoms with Crippen LogP contribution in [0.15, 0.2) is 73.2 Å². The van der Waals surface area contributed by atoms with E-state index < -0.39 is 0 Å². The first-order valence-electron chi connectivity index (χ1n) is 9.05. The summed E-state index contributed by atoms with van der Waals surface area (Å²) in [5.41, 5.74) is 6.55. The van der Waals surface area contributed by atoms with Crippen LogP contribution in [0.2, 0.25) is 0 Å². The first-order valence-corrected chi connectivity index (χ1v) is 9.05. The van der Waals surface area contributed by atoms with Gasteiger partial charge in [0.05, 0.1) is 23.3 Å². The number of aryl methyl sites for hydroxylation is 2. The number of nitrogens with zero attached hydrogens (tertiary/aromatic N) is 3.